The lowest BCUT2D eigenvalue weighted by molar-refractivity contribution is -0.274. The molecule has 0 saturated heterocycles. The van der Waals surface area contributed by atoms with Gasteiger partial charge in [-0.15, -0.1) is 13.2 Å². The summed E-state index contributed by atoms with van der Waals surface area (Å²) in [5, 5.41) is 5.01. The van der Waals surface area contributed by atoms with Crippen molar-refractivity contribution in [3.05, 3.63) is 54.1 Å². The van der Waals surface area contributed by atoms with Gasteiger partial charge in [-0.05, 0) is 42.0 Å². The third-order valence-corrected chi connectivity index (χ3v) is 3.64. The Bertz CT molecular complexity index is 900. The minimum absolute atomic E-state index is 0.111. The molecule has 11 heteroatoms. The van der Waals surface area contributed by atoms with Gasteiger partial charge in [0.05, 0.1) is 6.26 Å². The second-order valence-electron chi connectivity index (χ2n) is 5.45. The average molecular weight is 403 g/mol. The van der Waals surface area contributed by atoms with Crippen LogP contribution in [0.1, 0.15) is 5.56 Å². The fourth-order valence-electron chi connectivity index (χ4n) is 2.06. The number of hydrogen-bond donors (Lipinski definition) is 3. The number of anilines is 2. The lowest BCUT2D eigenvalue weighted by Crippen LogP contribution is -2.28. The molecule has 0 aliphatic heterocycles. The molecule has 0 aliphatic rings. The summed E-state index contributed by atoms with van der Waals surface area (Å²) in [6.07, 6.45) is -3.76. The molecule has 0 aliphatic carbocycles. The molecule has 146 valence electrons. The van der Waals surface area contributed by atoms with E-state index in [1.807, 2.05) is 0 Å². The first kappa shape index (κ1) is 20.4. The van der Waals surface area contributed by atoms with Crippen LogP contribution in [-0.4, -0.2) is 27.1 Å². The van der Waals surface area contributed by atoms with E-state index in [1.165, 1.54) is 12.1 Å². The highest BCUT2D eigenvalue weighted by molar-refractivity contribution is 7.92. The van der Waals surface area contributed by atoms with Crippen molar-refractivity contribution in [3.63, 3.8) is 0 Å². The monoisotopic (exact) mass is 403 g/mol. The first-order valence-corrected chi connectivity index (χ1v) is 9.37. The van der Waals surface area contributed by atoms with E-state index in [0.717, 1.165) is 18.4 Å². The van der Waals surface area contributed by atoms with Crippen molar-refractivity contribution in [1.29, 1.82) is 0 Å². The summed E-state index contributed by atoms with van der Waals surface area (Å²) in [4.78, 5) is 11.9. The minimum Gasteiger partial charge on any atom is -0.406 e. The van der Waals surface area contributed by atoms with Crippen molar-refractivity contribution in [3.8, 4) is 5.75 Å². The van der Waals surface area contributed by atoms with Crippen LogP contribution in [0.2, 0.25) is 0 Å². The molecule has 2 aromatic carbocycles. The van der Waals surface area contributed by atoms with Gasteiger partial charge in [-0.3, -0.25) is 4.72 Å². The van der Waals surface area contributed by atoms with E-state index in [1.54, 1.807) is 24.3 Å². The summed E-state index contributed by atoms with van der Waals surface area (Å²) in [6.45, 7) is 0.111. The molecule has 0 unspecified atom stereocenters. The smallest absolute Gasteiger partial charge is 0.406 e. The van der Waals surface area contributed by atoms with Crippen LogP contribution in [0.25, 0.3) is 0 Å². The second kappa shape index (κ2) is 8.16. The van der Waals surface area contributed by atoms with E-state index >= 15 is 0 Å². The van der Waals surface area contributed by atoms with Gasteiger partial charge in [-0.25, -0.2) is 13.2 Å². The van der Waals surface area contributed by atoms with Gasteiger partial charge in [0.25, 0.3) is 0 Å². The standard InChI is InChI=1S/C16H16F3N3O4S/c1-27(24,25)22-13-4-2-3-11(9-13)10-20-15(23)21-12-5-7-14(8-6-12)26-16(17,18)19/h2-9,22H,10H2,1H3,(H2,20,21,23). The van der Waals surface area contributed by atoms with Crippen molar-refractivity contribution >= 4 is 27.4 Å². The van der Waals surface area contributed by atoms with Gasteiger partial charge < -0.3 is 15.4 Å². The van der Waals surface area contributed by atoms with Crippen LogP contribution in [0.3, 0.4) is 0 Å². The molecule has 2 amide bonds. The first-order chi connectivity index (χ1) is 12.5. The van der Waals surface area contributed by atoms with Gasteiger partial charge in [0.2, 0.25) is 10.0 Å². The molecule has 27 heavy (non-hydrogen) atoms. The van der Waals surface area contributed by atoms with E-state index in [0.29, 0.717) is 11.3 Å². The third kappa shape index (κ3) is 7.86. The molecular weight excluding hydrogens is 387 g/mol. The molecule has 0 atom stereocenters. The summed E-state index contributed by atoms with van der Waals surface area (Å²) in [6, 6.07) is 10.5. The predicted molar refractivity (Wildman–Crippen MR) is 93.9 cm³/mol. The Labute approximate surface area is 153 Å². The van der Waals surface area contributed by atoms with Crippen molar-refractivity contribution in [2.75, 3.05) is 16.3 Å². The third-order valence-electron chi connectivity index (χ3n) is 3.03. The molecular formula is C16H16F3N3O4S. The summed E-state index contributed by atoms with van der Waals surface area (Å²) in [7, 11) is -3.41. The molecule has 0 aromatic heterocycles. The number of sulfonamides is 1. The molecule has 0 heterocycles. The molecule has 7 nitrogen and oxygen atoms in total. The number of amides is 2. The van der Waals surface area contributed by atoms with E-state index in [9.17, 15) is 26.4 Å². The molecule has 0 spiro atoms. The Morgan fingerprint density at radius 3 is 2.33 bits per heavy atom. The molecule has 0 bridgehead atoms. The Morgan fingerprint density at radius 1 is 1.07 bits per heavy atom. The van der Waals surface area contributed by atoms with Gasteiger partial charge >= 0.3 is 12.4 Å². The van der Waals surface area contributed by atoms with Gasteiger partial charge in [-0.2, -0.15) is 0 Å². The largest absolute Gasteiger partial charge is 0.573 e. The normalized spacial score (nSPS) is 11.6. The lowest BCUT2D eigenvalue weighted by atomic mass is 10.2. The predicted octanol–water partition coefficient (Wildman–Crippen LogP) is 3.28. The molecule has 0 saturated carbocycles. The molecule has 0 radical (unpaired) electrons. The summed E-state index contributed by atoms with van der Waals surface area (Å²) >= 11 is 0. The van der Waals surface area contributed by atoms with Crippen LogP contribution in [0.15, 0.2) is 48.5 Å². The number of alkyl halides is 3. The number of urea groups is 1. The fourth-order valence-corrected chi connectivity index (χ4v) is 2.61. The second-order valence-corrected chi connectivity index (χ2v) is 7.20. The summed E-state index contributed by atoms with van der Waals surface area (Å²) < 4.78 is 64.8. The lowest BCUT2D eigenvalue weighted by Gasteiger charge is -2.11. The SMILES string of the molecule is CS(=O)(=O)Nc1cccc(CNC(=O)Nc2ccc(OC(F)(F)F)cc2)c1. The highest BCUT2D eigenvalue weighted by Gasteiger charge is 2.30. The van der Waals surface area contributed by atoms with Gasteiger partial charge in [0, 0.05) is 17.9 Å². The van der Waals surface area contributed by atoms with Crippen LogP contribution >= 0.6 is 0 Å². The van der Waals surface area contributed by atoms with E-state index < -0.39 is 28.2 Å². The summed E-state index contributed by atoms with van der Waals surface area (Å²) in [5.74, 6) is -0.399. The van der Waals surface area contributed by atoms with E-state index in [-0.39, 0.29) is 12.2 Å². The van der Waals surface area contributed by atoms with Crippen molar-refractivity contribution in [2.45, 2.75) is 12.9 Å². The number of rotatable bonds is 6. The maximum Gasteiger partial charge on any atom is 0.573 e. The maximum atomic E-state index is 12.1. The van der Waals surface area contributed by atoms with Crippen LogP contribution < -0.4 is 20.1 Å². The van der Waals surface area contributed by atoms with Crippen LogP contribution in [0, 0.1) is 0 Å². The quantitative estimate of drug-likeness (QED) is 0.690. The number of ether oxygens (including phenoxy) is 1. The van der Waals surface area contributed by atoms with Gasteiger partial charge in [0.1, 0.15) is 5.75 Å². The number of carbonyl (C=O) groups is 1. The number of nitrogens with one attached hydrogen (secondary N) is 3. The molecule has 3 N–H and O–H groups in total. The van der Waals surface area contributed by atoms with E-state index in [4.69, 9.17) is 0 Å². The number of hydrogen-bond acceptors (Lipinski definition) is 4. The number of carbonyl (C=O) groups excluding carboxylic acids is 1. The summed E-state index contributed by atoms with van der Waals surface area (Å²) in [5.41, 5.74) is 1.28. The first-order valence-electron chi connectivity index (χ1n) is 7.47. The number of halogens is 3. The zero-order valence-electron chi connectivity index (χ0n) is 14.0. The fraction of sp³-hybridized carbons (Fsp3) is 0.188. The molecule has 0 fully saturated rings. The Kier molecular flexibility index (Phi) is 6.16. The van der Waals surface area contributed by atoms with Crippen molar-refractivity contribution in [1.82, 2.24) is 5.32 Å². The van der Waals surface area contributed by atoms with Crippen LogP contribution in [0.4, 0.5) is 29.3 Å². The number of benzene rings is 2. The van der Waals surface area contributed by atoms with Crippen molar-refractivity contribution in [2.24, 2.45) is 0 Å². The maximum absolute atomic E-state index is 12.1. The van der Waals surface area contributed by atoms with E-state index in [2.05, 4.69) is 20.1 Å². The molecule has 2 aromatic rings. The Hall–Kier alpha value is -2.95. The average Bonchev–Trinajstić information content (AvgIpc) is 2.52. The Morgan fingerprint density at radius 2 is 1.74 bits per heavy atom. The minimum atomic E-state index is -4.78. The topological polar surface area (TPSA) is 96.5 Å². The van der Waals surface area contributed by atoms with Crippen LogP contribution in [0.5, 0.6) is 5.75 Å². The highest BCUT2D eigenvalue weighted by atomic mass is 32.2. The highest BCUT2D eigenvalue weighted by Crippen LogP contribution is 2.23. The molecule has 2 rings (SSSR count). The van der Waals surface area contributed by atoms with Gasteiger partial charge in [0.15, 0.2) is 0 Å². The zero-order chi connectivity index (χ0) is 20.1. The van der Waals surface area contributed by atoms with Crippen molar-refractivity contribution < 1.29 is 31.1 Å². The Balaban J connectivity index is 1.88. The van der Waals surface area contributed by atoms with Gasteiger partial charge in [-0.1, -0.05) is 12.1 Å². The van der Waals surface area contributed by atoms with Crippen LogP contribution in [-0.2, 0) is 16.6 Å². The zero-order valence-corrected chi connectivity index (χ0v) is 14.8.